The van der Waals surface area contributed by atoms with E-state index in [1.807, 2.05) is 0 Å². The molecule has 0 saturated carbocycles. The minimum absolute atomic E-state index is 0.0297. The molecule has 0 saturated heterocycles. The molecule has 15 heteroatoms. The van der Waals surface area contributed by atoms with Crippen molar-refractivity contribution in [3.05, 3.63) is 64.2 Å². The lowest BCUT2D eigenvalue weighted by Crippen LogP contribution is -2.17. The number of benzene rings is 2. The average Bonchev–Trinajstić information content (AvgIpc) is 3.24. The summed E-state index contributed by atoms with van der Waals surface area (Å²) < 4.78 is 40.3. The molecule has 11 nitrogen and oxygen atoms in total. The van der Waals surface area contributed by atoms with E-state index in [-0.39, 0.29) is 22.5 Å². The highest BCUT2D eigenvalue weighted by Gasteiger charge is 2.30. The number of halogens is 3. The third-order valence-electron chi connectivity index (χ3n) is 3.99. The van der Waals surface area contributed by atoms with Gasteiger partial charge in [-0.05, 0) is 48.9 Å². The lowest BCUT2D eigenvalue weighted by atomic mass is 10.1. The number of H-pyrrole nitrogens is 1. The Morgan fingerprint density at radius 3 is 2.50 bits per heavy atom. The third kappa shape index (κ3) is 7.47. The van der Waals surface area contributed by atoms with Crippen LogP contribution in [0.3, 0.4) is 0 Å². The Balaban J connectivity index is 1.47. The van der Waals surface area contributed by atoms with Crippen LogP contribution in [-0.2, 0) is 4.79 Å². The molecular formula is C19H16F3N7O4S. The summed E-state index contributed by atoms with van der Waals surface area (Å²) in [6.07, 6.45) is -4.79. The first-order valence-corrected chi connectivity index (χ1v) is 10.3. The van der Waals surface area contributed by atoms with Crippen LogP contribution >= 0.6 is 11.8 Å². The summed E-state index contributed by atoms with van der Waals surface area (Å²) in [5.74, 6) is -0.652. The maximum atomic E-state index is 12.2. The second-order valence-corrected chi connectivity index (χ2v) is 7.43. The molecule has 0 unspecified atom stereocenters. The van der Waals surface area contributed by atoms with E-state index in [4.69, 9.17) is 0 Å². The Kier molecular flexibility index (Phi) is 7.68. The monoisotopic (exact) mass is 495 g/mol. The number of rotatable bonds is 9. The van der Waals surface area contributed by atoms with Crippen LogP contribution in [0.15, 0.2) is 58.8 Å². The summed E-state index contributed by atoms with van der Waals surface area (Å²) in [6, 6.07) is 10.6. The van der Waals surface area contributed by atoms with Gasteiger partial charge in [0.1, 0.15) is 5.75 Å². The lowest BCUT2D eigenvalue weighted by molar-refractivity contribution is -0.384. The normalized spacial score (nSPS) is 11.7. The Bertz CT molecular complexity index is 1180. The quantitative estimate of drug-likeness (QED) is 0.173. The third-order valence-corrected chi connectivity index (χ3v) is 4.84. The number of nitro groups is 1. The van der Waals surface area contributed by atoms with Crippen molar-refractivity contribution in [2.45, 2.75) is 18.4 Å². The maximum Gasteiger partial charge on any atom is 0.573 e. The number of carbonyl (C=O) groups is 1. The topological polar surface area (TPSA) is 147 Å². The molecule has 0 radical (unpaired) electrons. The second kappa shape index (κ2) is 10.7. The molecule has 0 aliphatic rings. The lowest BCUT2D eigenvalue weighted by Gasteiger charge is -2.09. The number of non-ortho nitro benzene ring substituents is 1. The summed E-state index contributed by atoms with van der Waals surface area (Å²) in [6.45, 7) is 1.70. The van der Waals surface area contributed by atoms with Crippen LogP contribution in [0.1, 0.15) is 12.5 Å². The van der Waals surface area contributed by atoms with E-state index >= 15 is 0 Å². The molecule has 3 aromatic rings. The van der Waals surface area contributed by atoms with Crippen molar-refractivity contribution in [2.75, 3.05) is 16.5 Å². The molecule has 3 N–H and O–H groups in total. The predicted octanol–water partition coefficient (Wildman–Crippen LogP) is 4.18. The molecule has 178 valence electrons. The van der Waals surface area contributed by atoms with Crippen molar-refractivity contribution in [2.24, 2.45) is 5.10 Å². The average molecular weight is 495 g/mol. The van der Waals surface area contributed by atoms with Crippen LogP contribution in [-0.4, -0.2) is 43.8 Å². The number of alkyl halides is 3. The van der Waals surface area contributed by atoms with Gasteiger partial charge in [0.25, 0.3) is 5.69 Å². The van der Waals surface area contributed by atoms with Crippen molar-refractivity contribution in [1.82, 2.24) is 15.2 Å². The Morgan fingerprint density at radius 2 is 1.88 bits per heavy atom. The van der Waals surface area contributed by atoms with Gasteiger partial charge < -0.3 is 10.1 Å². The summed E-state index contributed by atoms with van der Waals surface area (Å²) >= 11 is 1.02. The smallest absolute Gasteiger partial charge is 0.406 e. The number of anilines is 2. The van der Waals surface area contributed by atoms with Crippen LogP contribution in [0.4, 0.5) is 30.5 Å². The van der Waals surface area contributed by atoms with E-state index in [0.717, 1.165) is 23.9 Å². The van der Waals surface area contributed by atoms with Crippen molar-refractivity contribution >= 4 is 40.7 Å². The fraction of sp³-hybridized carbons (Fsp3) is 0.158. The molecule has 0 bridgehead atoms. The van der Waals surface area contributed by atoms with E-state index in [1.54, 1.807) is 19.1 Å². The first kappa shape index (κ1) is 24.5. The van der Waals surface area contributed by atoms with Crippen molar-refractivity contribution in [3.8, 4) is 5.75 Å². The van der Waals surface area contributed by atoms with E-state index in [9.17, 15) is 28.1 Å². The van der Waals surface area contributed by atoms with Gasteiger partial charge in [-0.3, -0.25) is 14.9 Å². The number of amides is 1. The fourth-order valence-electron chi connectivity index (χ4n) is 2.45. The van der Waals surface area contributed by atoms with Gasteiger partial charge >= 0.3 is 6.36 Å². The number of hydrogen-bond acceptors (Lipinski definition) is 9. The van der Waals surface area contributed by atoms with Gasteiger partial charge in [-0.15, -0.1) is 18.3 Å². The van der Waals surface area contributed by atoms with Crippen LogP contribution in [0.2, 0.25) is 0 Å². The van der Waals surface area contributed by atoms with Crippen LogP contribution in [0, 0.1) is 10.1 Å². The van der Waals surface area contributed by atoms with Crippen molar-refractivity contribution in [1.29, 1.82) is 0 Å². The van der Waals surface area contributed by atoms with E-state index in [1.165, 1.54) is 24.3 Å². The number of ether oxygens (including phenoxy) is 1. The second-order valence-electron chi connectivity index (χ2n) is 6.49. The largest absolute Gasteiger partial charge is 0.573 e. The number of carbonyl (C=O) groups excluding carboxylic acids is 1. The van der Waals surface area contributed by atoms with Gasteiger partial charge in [0.15, 0.2) is 0 Å². The SMILES string of the molecule is C/C(=N/Nc1nc(SCC(=O)Nc2ccc(OC(F)(F)F)cc2)n[nH]1)c1ccc([N+](=O)[O-])cc1. The number of nitrogens with one attached hydrogen (secondary N) is 3. The first-order chi connectivity index (χ1) is 16.1. The first-order valence-electron chi connectivity index (χ1n) is 9.35. The van der Waals surface area contributed by atoms with Crippen LogP contribution in [0.5, 0.6) is 5.75 Å². The summed E-state index contributed by atoms with van der Waals surface area (Å²) in [5, 5.41) is 24.2. The highest BCUT2D eigenvalue weighted by molar-refractivity contribution is 7.99. The highest BCUT2D eigenvalue weighted by Crippen LogP contribution is 2.24. The maximum absolute atomic E-state index is 12.2. The molecule has 1 amide bonds. The van der Waals surface area contributed by atoms with E-state index < -0.39 is 22.9 Å². The number of nitro benzene ring substituents is 1. The van der Waals surface area contributed by atoms with E-state index in [2.05, 4.69) is 35.8 Å². The van der Waals surface area contributed by atoms with Crippen molar-refractivity contribution < 1.29 is 27.6 Å². The van der Waals surface area contributed by atoms with Gasteiger partial charge in [-0.2, -0.15) is 10.1 Å². The standard InChI is InChI=1S/C19H16F3N7O4S/c1-11(12-2-6-14(7-3-12)29(31)32)25-26-17-24-18(28-27-17)34-10-16(30)23-13-4-8-15(9-5-13)33-19(20,21)22/h2-9H,10H2,1H3,(H,23,30)(H2,24,26,27,28)/b25-11-. The molecule has 2 aromatic carbocycles. The summed E-state index contributed by atoms with van der Waals surface area (Å²) in [4.78, 5) is 26.4. The van der Waals surface area contributed by atoms with Gasteiger partial charge in [-0.1, -0.05) is 11.8 Å². The zero-order valence-electron chi connectivity index (χ0n) is 17.3. The number of hydrogen-bond donors (Lipinski definition) is 3. The molecule has 1 heterocycles. The predicted molar refractivity (Wildman–Crippen MR) is 118 cm³/mol. The zero-order valence-corrected chi connectivity index (χ0v) is 18.1. The van der Waals surface area contributed by atoms with E-state index in [0.29, 0.717) is 17.0 Å². The molecule has 0 aliphatic carbocycles. The van der Waals surface area contributed by atoms with Crippen LogP contribution in [0.25, 0.3) is 0 Å². The molecule has 0 fully saturated rings. The Hall–Kier alpha value is -4.14. The molecule has 34 heavy (non-hydrogen) atoms. The van der Waals surface area contributed by atoms with Gasteiger partial charge in [0.05, 0.1) is 16.4 Å². The van der Waals surface area contributed by atoms with Crippen molar-refractivity contribution in [3.63, 3.8) is 0 Å². The number of thioether (sulfide) groups is 1. The minimum atomic E-state index is -4.79. The summed E-state index contributed by atoms with van der Waals surface area (Å²) in [7, 11) is 0. The molecule has 0 atom stereocenters. The minimum Gasteiger partial charge on any atom is -0.406 e. The fourth-order valence-corrected chi connectivity index (χ4v) is 3.05. The van der Waals surface area contributed by atoms with Gasteiger partial charge in [0.2, 0.25) is 17.0 Å². The number of nitrogens with zero attached hydrogens (tertiary/aromatic N) is 4. The molecule has 3 rings (SSSR count). The van der Waals surface area contributed by atoms with Gasteiger partial charge in [-0.25, -0.2) is 10.5 Å². The zero-order chi connectivity index (χ0) is 24.7. The molecule has 0 spiro atoms. The van der Waals surface area contributed by atoms with Crippen LogP contribution < -0.4 is 15.5 Å². The summed E-state index contributed by atoms with van der Waals surface area (Å²) in [5.41, 5.74) is 4.15. The van der Waals surface area contributed by atoms with Gasteiger partial charge in [0, 0.05) is 17.8 Å². The molecular weight excluding hydrogens is 479 g/mol. The Labute approximate surface area is 194 Å². The Morgan fingerprint density at radius 1 is 1.21 bits per heavy atom. The number of hydrazone groups is 1. The molecule has 1 aromatic heterocycles. The number of aromatic nitrogens is 3. The highest BCUT2D eigenvalue weighted by atomic mass is 32.2. The molecule has 0 aliphatic heterocycles. The number of aromatic amines is 1.